The molecule has 1 atom stereocenters. The van der Waals surface area contributed by atoms with Gasteiger partial charge in [0.05, 0.1) is 11.9 Å². The molecule has 0 aromatic carbocycles. The molecule has 0 bridgehead atoms. The van der Waals surface area contributed by atoms with Crippen molar-refractivity contribution in [1.29, 1.82) is 0 Å². The van der Waals surface area contributed by atoms with Crippen molar-refractivity contribution in [2.24, 2.45) is 0 Å². The van der Waals surface area contributed by atoms with E-state index in [0.717, 1.165) is 25.9 Å². The number of nitrogens with zero attached hydrogens (tertiary/aromatic N) is 2. The van der Waals surface area contributed by atoms with Gasteiger partial charge in [0.25, 0.3) is 5.56 Å². The standard InChI is InChI=1S/C13H21ClN4O/c1-2-8-18-13(19)12(14)11(9-17-18)16-7-5-10-4-3-6-15-10/h9-10,15-16H,2-8H2,1H3/t10-/m1/s1. The first-order chi connectivity index (χ1) is 9.22. The van der Waals surface area contributed by atoms with E-state index in [2.05, 4.69) is 15.7 Å². The summed E-state index contributed by atoms with van der Waals surface area (Å²) in [5.41, 5.74) is 0.421. The third-order valence-electron chi connectivity index (χ3n) is 3.39. The van der Waals surface area contributed by atoms with Crippen LogP contribution < -0.4 is 16.2 Å². The Labute approximate surface area is 118 Å². The Morgan fingerprint density at radius 1 is 1.63 bits per heavy atom. The summed E-state index contributed by atoms with van der Waals surface area (Å²) in [6.45, 7) is 4.52. The van der Waals surface area contributed by atoms with E-state index in [0.29, 0.717) is 18.3 Å². The fraction of sp³-hybridized carbons (Fsp3) is 0.692. The second-order valence-electron chi connectivity index (χ2n) is 4.91. The summed E-state index contributed by atoms with van der Waals surface area (Å²) in [7, 11) is 0. The van der Waals surface area contributed by atoms with E-state index in [9.17, 15) is 4.79 Å². The van der Waals surface area contributed by atoms with Gasteiger partial charge in [0.15, 0.2) is 0 Å². The lowest BCUT2D eigenvalue weighted by molar-refractivity contribution is 0.565. The Hall–Kier alpha value is -1.07. The minimum Gasteiger partial charge on any atom is -0.382 e. The van der Waals surface area contributed by atoms with Crippen LogP contribution in [0.2, 0.25) is 5.02 Å². The van der Waals surface area contributed by atoms with Crippen LogP contribution in [0.4, 0.5) is 5.69 Å². The van der Waals surface area contributed by atoms with Crippen LogP contribution in [0.15, 0.2) is 11.0 Å². The first-order valence-corrected chi connectivity index (χ1v) is 7.33. The van der Waals surface area contributed by atoms with Crippen LogP contribution in [-0.2, 0) is 6.54 Å². The largest absolute Gasteiger partial charge is 0.382 e. The molecule has 106 valence electrons. The maximum absolute atomic E-state index is 11.9. The van der Waals surface area contributed by atoms with Gasteiger partial charge in [-0.05, 0) is 32.2 Å². The van der Waals surface area contributed by atoms with Crippen molar-refractivity contribution in [1.82, 2.24) is 15.1 Å². The van der Waals surface area contributed by atoms with E-state index in [4.69, 9.17) is 11.6 Å². The Bertz CT molecular complexity index is 468. The van der Waals surface area contributed by atoms with Gasteiger partial charge in [0.2, 0.25) is 0 Å². The minimum absolute atomic E-state index is 0.215. The highest BCUT2D eigenvalue weighted by Gasteiger charge is 2.14. The number of hydrogen-bond donors (Lipinski definition) is 2. The third-order valence-corrected chi connectivity index (χ3v) is 3.76. The molecule has 1 fully saturated rings. The number of hydrogen-bond acceptors (Lipinski definition) is 4. The van der Waals surface area contributed by atoms with E-state index in [-0.39, 0.29) is 10.6 Å². The summed E-state index contributed by atoms with van der Waals surface area (Å²) in [6.07, 6.45) is 6.02. The molecule has 0 spiro atoms. The van der Waals surface area contributed by atoms with Crippen molar-refractivity contribution in [2.75, 3.05) is 18.4 Å². The van der Waals surface area contributed by atoms with Crippen LogP contribution in [0, 0.1) is 0 Å². The van der Waals surface area contributed by atoms with Crippen LogP contribution in [0.25, 0.3) is 0 Å². The maximum Gasteiger partial charge on any atom is 0.287 e. The van der Waals surface area contributed by atoms with Crippen molar-refractivity contribution in [3.8, 4) is 0 Å². The van der Waals surface area contributed by atoms with Gasteiger partial charge >= 0.3 is 0 Å². The normalized spacial score (nSPS) is 18.7. The van der Waals surface area contributed by atoms with E-state index in [1.54, 1.807) is 6.20 Å². The van der Waals surface area contributed by atoms with Crippen molar-refractivity contribution in [3.05, 3.63) is 21.6 Å². The van der Waals surface area contributed by atoms with Crippen molar-refractivity contribution in [3.63, 3.8) is 0 Å². The number of nitrogens with one attached hydrogen (secondary N) is 2. The highest BCUT2D eigenvalue weighted by atomic mass is 35.5. The quantitative estimate of drug-likeness (QED) is 0.837. The molecule has 0 amide bonds. The Morgan fingerprint density at radius 3 is 3.16 bits per heavy atom. The molecule has 1 aromatic heterocycles. The molecule has 1 aliphatic heterocycles. The highest BCUT2D eigenvalue weighted by Crippen LogP contribution is 2.16. The Morgan fingerprint density at radius 2 is 2.47 bits per heavy atom. The molecule has 0 radical (unpaired) electrons. The molecule has 19 heavy (non-hydrogen) atoms. The first-order valence-electron chi connectivity index (χ1n) is 6.95. The summed E-state index contributed by atoms with van der Waals surface area (Å²) in [5, 5.41) is 11.0. The van der Waals surface area contributed by atoms with E-state index >= 15 is 0 Å². The number of halogens is 1. The number of anilines is 1. The molecule has 1 aromatic rings. The zero-order valence-electron chi connectivity index (χ0n) is 11.3. The average Bonchev–Trinajstić information content (AvgIpc) is 2.91. The fourth-order valence-electron chi connectivity index (χ4n) is 2.34. The number of aromatic nitrogens is 2. The van der Waals surface area contributed by atoms with Crippen molar-refractivity contribution in [2.45, 2.75) is 45.2 Å². The highest BCUT2D eigenvalue weighted by molar-refractivity contribution is 6.32. The summed E-state index contributed by atoms with van der Waals surface area (Å²) < 4.78 is 1.41. The van der Waals surface area contributed by atoms with Gasteiger partial charge in [-0.15, -0.1) is 0 Å². The van der Waals surface area contributed by atoms with E-state index < -0.39 is 0 Å². The summed E-state index contributed by atoms with van der Waals surface area (Å²) in [5.74, 6) is 0. The number of rotatable bonds is 6. The van der Waals surface area contributed by atoms with Gasteiger partial charge in [-0.2, -0.15) is 5.10 Å². The molecule has 1 saturated heterocycles. The predicted molar refractivity (Wildman–Crippen MR) is 77.9 cm³/mol. The molecule has 0 saturated carbocycles. The molecule has 2 heterocycles. The lowest BCUT2D eigenvalue weighted by Crippen LogP contribution is -2.26. The van der Waals surface area contributed by atoms with Crippen LogP contribution in [-0.4, -0.2) is 28.9 Å². The lowest BCUT2D eigenvalue weighted by Gasteiger charge is -2.12. The molecule has 2 N–H and O–H groups in total. The predicted octanol–water partition coefficient (Wildman–Crippen LogP) is 1.86. The van der Waals surface area contributed by atoms with Gasteiger partial charge in [0, 0.05) is 19.1 Å². The van der Waals surface area contributed by atoms with Crippen molar-refractivity contribution >= 4 is 17.3 Å². The topological polar surface area (TPSA) is 59.0 Å². The molecule has 6 heteroatoms. The van der Waals surface area contributed by atoms with E-state index in [1.807, 2.05) is 6.92 Å². The Balaban J connectivity index is 1.92. The van der Waals surface area contributed by atoms with Gasteiger partial charge < -0.3 is 10.6 Å². The molecule has 0 unspecified atom stereocenters. The molecule has 2 rings (SSSR count). The van der Waals surface area contributed by atoms with Gasteiger partial charge in [0.1, 0.15) is 5.02 Å². The molecular weight excluding hydrogens is 264 g/mol. The second-order valence-corrected chi connectivity index (χ2v) is 5.29. The SMILES string of the molecule is CCCn1ncc(NCC[C@H]2CCCN2)c(Cl)c1=O. The summed E-state index contributed by atoms with van der Waals surface area (Å²) in [4.78, 5) is 11.9. The first kappa shape index (κ1) is 14.3. The maximum atomic E-state index is 11.9. The lowest BCUT2D eigenvalue weighted by atomic mass is 10.1. The summed E-state index contributed by atoms with van der Waals surface area (Å²) in [6, 6.07) is 0.583. The smallest absolute Gasteiger partial charge is 0.287 e. The van der Waals surface area contributed by atoms with Gasteiger partial charge in [-0.3, -0.25) is 4.79 Å². The van der Waals surface area contributed by atoms with E-state index in [1.165, 1.54) is 17.5 Å². The zero-order chi connectivity index (χ0) is 13.7. The zero-order valence-corrected chi connectivity index (χ0v) is 12.0. The van der Waals surface area contributed by atoms with Gasteiger partial charge in [-0.25, -0.2) is 4.68 Å². The van der Waals surface area contributed by atoms with Crippen LogP contribution in [0.5, 0.6) is 0 Å². The fourth-order valence-corrected chi connectivity index (χ4v) is 2.56. The van der Waals surface area contributed by atoms with Crippen LogP contribution in [0.1, 0.15) is 32.6 Å². The third kappa shape index (κ3) is 3.70. The second kappa shape index (κ2) is 6.91. The molecule has 5 nitrogen and oxygen atoms in total. The summed E-state index contributed by atoms with van der Waals surface area (Å²) >= 11 is 6.08. The minimum atomic E-state index is -0.215. The molecule has 0 aliphatic carbocycles. The molecule has 1 aliphatic rings. The van der Waals surface area contributed by atoms with Gasteiger partial charge in [-0.1, -0.05) is 18.5 Å². The van der Waals surface area contributed by atoms with Crippen LogP contribution in [0.3, 0.4) is 0 Å². The average molecular weight is 285 g/mol. The number of aryl methyl sites for hydroxylation is 1. The molecular formula is C13H21ClN4O. The van der Waals surface area contributed by atoms with Crippen molar-refractivity contribution < 1.29 is 0 Å². The van der Waals surface area contributed by atoms with Crippen LogP contribution >= 0.6 is 11.6 Å². The monoisotopic (exact) mass is 284 g/mol. The Kier molecular flexibility index (Phi) is 5.22.